The number of hydrogen-bond acceptors (Lipinski definition) is 3. The first-order valence-electron chi connectivity index (χ1n) is 7.09. The van der Waals surface area contributed by atoms with Crippen molar-refractivity contribution < 1.29 is 18.7 Å². The van der Waals surface area contributed by atoms with Gasteiger partial charge in [-0.15, -0.1) is 0 Å². The second-order valence-electron chi connectivity index (χ2n) is 4.92. The molecule has 114 valence electrons. The van der Waals surface area contributed by atoms with Crippen LogP contribution in [0.15, 0.2) is 24.3 Å². The molecule has 0 aromatic heterocycles. The molecular weight excluding hydrogens is 275 g/mol. The van der Waals surface area contributed by atoms with E-state index in [1.807, 2.05) is 0 Å². The van der Waals surface area contributed by atoms with Gasteiger partial charge in [0.1, 0.15) is 5.82 Å². The molecule has 0 atom stereocenters. The Morgan fingerprint density at radius 1 is 1.33 bits per heavy atom. The van der Waals surface area contributed by atoms with Crippen LogP contribution in [0.2, 0.25) is 0 Å². The molecule has 5 nitrogen and oxygen atoms in total. The molecule has 2 amide bonds. The minimum Gasteiger partial charge on any atom is -0.466 e. The van der Waals surface area contributed by atoms with Gasteiger partial charge in [-0.2, -0.15) is 0 Å². The van der Waals surface area contributed by atoms with E-state index < -0.39 is 5.82 Å². The SMILES string of the molecule is CCOC(=O)C1CCN(C(=O)Nc2ccccc2F)CC1. The fourth-order valence-electron chi connectivity index (χ4n) is 2.34. The molecule has 1 saturated heterocycles. The second-order valence-corrected chi connectivity index (χ2v) is 4.92. The molecule has 1 aliphatic heterocycles. The Labute approximate surface area is 123 Å². The van der Waals surface area contributed by atoms with Gasteiger partial charge in [0.25, 0.3) is 0 Å². The summed E-state index contributed by atoms with van der Waals surface area (Å²) in [6, 6.07) is 5.69. The summed E-state index contributed by atoms with van der Waals surface area (Å²) in [5, 5.41) is 2.54. The number of para-hydroxylation sites is 1. The number of ether oxygens (including phenoxy) is 1. The third-order valence-electron chi connectivity index (χ3n) is 3.52. The van der Waals surface area contributed by atoms with Crippen molar-refractivity contribution in [2.45, 2.75) is 19.8 Å². The number of carbonyl (C=O) groups excluding carboxylic acids is 2. The van der Waals surface area contributed by atoms with E-state index in [9.17, 15) is 14.0 Å². The molecule has 1 aromatic carbocycles. The lowest BCUT2D eigenvalue weighted by Crippen LogP contribution is -2.42. The molecule has 0 spiro atoms. The zero-order chi connectivity index (χ0) is 15.2. The number of benzene rings is 1. The average molecular weight is 294 g/mol. The number of urea groups is 1. The number of amides is 2. The molecule has 0 bridgehead atoms. The molecule has 0 radical (unpaired) electrons. The van der Waals surface area contributed by atoms with Crippen LogP contribution in [-0.4, -0.2) is 36.6 Å². The zero-order valence-electron chi connectivity index (χ0n) is 12.0. The van der Waals surface area contributed by atoms with Gasteiger partial charge >= 0.3 is 12.0 Å². The Bertz CT molecular complexity index is 513. The summed E-state index contributed by atoms with van der Waals surface area (Å²) < 4.78 is 18.5. The number of rotatable bonds is 3. The van der Waals surface area contributed by atoms with Crippen molar-refractivity contribution in [2.75, 3.05) is 25.0 Å². The fraction of sp³-hybridized carbons (Fsp3) is 0.467. The molecule has 1 aliphatic rings. The first-order chi connectivity index (χ1) is 10.1. The van der Waals surface area contributed by atoms with E-state index in [4.69, 9.17) is 4.74 Å². The number of hydrogen-bond donors (Lipinski definition) is 1. The lowest BCUT2D eigenvalue weighted by Gasteiger charge is -2.30. The Morgan fingerprint density at radius 3 is 2.62 bits per heavy atom. The van der Waals surface area contributed by atoms with Gasteiger partial charge in [-0.3, -0.25) is 4.79 Å². The van der Waals surface area contributed by atoms with Crippen LogP contribution in [-0.2, 0) is 9.53 Å². The number of nitrogens with zero attached hydrogens (tertiary/aromatic N) is 1. The summed E-state index contributed by atoms with van der Waals surface area (Å²) in [5.41, 5.74) is 0.162. The van der Waals surface area contributed by atoms with Crippen molar-refractivity contribution in [3.8, 4) is 0 Å². The van der Waals surface area contributed by atoms with E-state index in [2.05, 4.69) is 5.32 Å². The molecule has 1 fully saturated rings. The Hall–Kier alpha value is -2.11. The lowest BCUT2D eigenvalue weighted by atomic mass is 9.97. The van der Waals surface area contributed by atoms with E-state index >= 15 is 0 Å². The highest BCUT2D eigenvalue weighted by atomic mass is 19.1. The van der Waals surface area contributed by atoms with Crippen LogP contribution in [0, 0.1) is 11.7 Å². The minimum atomic E-state index is -0.466. The number of piperidine rings is 1. The summed E-state index contributed by atoms with van der Waals surface area (Å²) in [6.45, 7) is 3.06. The van der Waals surface area contributed by atoms with E-state index in [1.54, 1.807) is 24.0 Å². The predicted molar refractivity (Wildman–Crippen MR) is 76.3 cm³/mol. The van der Waals surface area contributed by atoms with E-state index in [0.717, 1.165) is 0 Å². The van der Waals surface area contributed by atoms with Gasteiger partial charge in [0, 0.05) is 13.1 Å². The maximum Gasteiger partial charge on any atom is 0.321 e. The van der Waals surface area contributed by atoms with E-state index in [-0.39, 0.29) is 23.6 Å². The van der Waals surface area contributed by atoms with Crippen LogP contribution >= 0.6 is 0 Å². The molecule has 6 heteroatoms. The van der Waals surface area contributed by atoms with Gasteiger partial charge in [0.15, 0.2) is 0 Å². The highest BCUT2D eigenvalue weighted by Gasteiger charge is 2.28. The molecule has 0 saturated carbocycles. The van der Waals surface area contributed by atoms with Crippen molar-refractivity contribution in [2.24, 2.45) is 5.92 Å². The summed E-state index contributed by atoms with van der Waals surface area (Å²) >= 11 is 0. The topological polar surface area (TPSA) is 58.6 Å². The van der Waals surface area contributed by atoms with Gasteiger partial charge in [-0.25, -0.2) is 9.18 Å². The normalized spacial score (nSPS) is 15.6. The van der Waals surface area contributed by atoms with Gasteiger partial charge in [0.2, 0.25) is 0 Å². The molecule has 0 unspecified atom stereocenters. The van der Waals surface area contributed by atoms with Crippen molar-refractivity contribution in [3.05, 3.63) is 30.1 Å². The third kappa shape index (κ3) is 3.93. The van der Waals surface area contributed by atoms with Crippen molar-refractivity contribution in [1.82, 2.24) is 4.90 Å². The smallest absolute Gasteiger partial charge is 0.321 e. The summed E-state index contributed by atoms with van der Waals surface area (Å²) in [5.74, 6) is -0.818. The third-order valence-corrected chi connectivity index (χ3v) is 3.52. The highest BCUT2D eigenvalue weighted by molar-refractivity contribution is 5.89. The maximum absolute atomic E-state index is 13.5. The van der Waals surface area contributed by atoms with Gasteiger partial charge in [-0.1, -0.05) is 12.1 Å². The number of anilines is 1. The zero-order valence-corrected chi connectivity index (χ0v) is 12.0. The van der Waals surface area contributed by atoms with Crippen LogP contribution < -0.4 is 5.32 Å². The summed E-state index contributed by atoms with van der Waals surface area (Å²) in [7, 11) is 0. The first-order valence-corrected chi connectivity index (χ1v) is 7.09. The maximum atomic E-state index is 13.5. The largest absolute Gasteiger partial charge is 0.466 e. The van der Waals surface area contributed by atoms with E-state index in [0.29, 0.717) is 32.5 Å². The molecule has 2 rings (SSSR count). The molecule has 21 heavy (non-hydrogen) atoms. The van der Waals surface area contributed by atoms with Crippen molar-refractivity contribution in [1.29, 1.82) is 0 Å². The number of esters is 1. The fourth-order valence-corrected chi connectivity index (χ4v) is 2.34. The quantitative estimate of drug-likeness (QED) is 0.872. The predicted octanol–water partition coefficient (Wildman–Crippen LogP) is 2.63. The first kappa shape index (κ1) is 15.3. The van der Waals surface area contributed by atoms with E-state index in [1.165, 1.54) is 12.1 Å². The molecule has 1 aromatic rings. The average Bonchev–Trinajstić information content (AvgIpc) is 2.50. The van der Waals surface area contributed by atoms with Crippen LogP contribution in [0.3, 0.4) is 0 Å². The molecule has 1 heterocycles. The summed E-state index contributed by atoms with van der Waals surface area (Å²) in [6.07, 6.45) is 1.15. The van der Waals surface area contributed by atoms with Crippen molar-refractivity contribution in [3.63, 3.8) is 0 Å². The molecular formula is C15H19FN2O3. The second kappa shape index (κ2) is 7.06. The Morgan fingerprint density at radius 2 is 2.00 bits per heavy atom. The number of nitrogens with one attached hydrogen (secondary N) is 1. The van der Waals surface area contributed by atoms with Crippen LogP contribution in [0.5, 0.6) is 0 Å². The molecule has 1 N–H and O–H groups in total. The monoisotopic (exact) mass is 294 g/mol. The van der Waals surface area contributed by atoms with Gasteiger partial charge < -0.3 is 15.0 Å². The van der Waals surface area contributed by atoms with Crippen LogP contribution in [0.4, 0.5) is 14.9 Å². The Balaban J connectivity index is 1.86. The minimum absolute atomic E-state index is 0.150. The van der Waals surface area contributed by atoms with Crippen LogP contribution in [0.1, 0.15) is 19.8 Å². The lowest BCUT2D eigenvalue weighted by molar-refractivity contribution is -0.149. The number of halogens is 1. The van der Waals surface area contributed by atoms with Gasteiger partial charge in [-0.05, 0) is 31.9 Å². The Kier molecular flexibility index (Phi) is 5.14. The number of carbonyl (C=O) groups is 2. The van der Waals surface area contributed by atoms with Crippen LogP contribution in [0.25, 0.3) is 0 Å². The summed E-state index contributed by atoms with van der Waals surface area (Å²) in [4.78, 5) is 25.3. The standard InChI is InChI=1S/C15H19FN2O3/c1-2-21-14(19)11-7-9-18(10-8-11)15(20)17-13-6-4-3-5-12(13)16/h3-6,11H,2,7-10H2,1H3,(H,17,20). The molecule has 0 aliphatic carbocycles. The van der Waals surface area contributed by atoms with Gasteiger partial charge in [0.05, 0.1) is 18.2 Å². The number of likely N-dealkylation sites (tertiary alicyclic amines) is 1. The highest BCUT2D eigenvalue weighted by Crippen LogP contribution is 2.20. The van der Waals surface area contributed by atoms with Crippen molar-refractivity contribution >= 4 is 17.7 Å².